The van der Waals surface area contributed by atoms with E-state index in [2.05, 4.69) is 19.2 Å². The molecule has 1 aromatic rings. The van der Waals surface area contributed by atoms with E-state index in [9.17, 15) is 14.3 Å². The van der Waals surface area contributed by atoms with E-state index < -0.39 is 5.60 Å². The molecule has 1 aromatic carbocycles. The number of benzene rings is 1. The molecule has 0 spiro atoms. The number of hydrogen-bond donors (Lipinski definition) is 2. The Morgan fingerprint density at radius 2 is 2.05 bits per heavy atom. The standard InChI is InChI=1S/C17H25FN2O2/c1-13(2)10-19-12-17(22)8-3-9-20(16(17)21)11-14-4-6-15(18)7-5-14/h4-7,13,19,22H,3,8-12H2,1-2H3. The Morgan fingerprint density at radius 1 is 1.36 bits per heavy atom. The Balaban J connectivity index is 1.98. The average molecular weight is 308 g/mol. The molecule has 0 radical (unpaired) electrons. The molecule has 2 N–H and O–H groups in total. The van der Waals surface area contributed by atoms with Crippen molar-refractivity contribution in [3.63, 3.8) is 0 Å². The molecule has 122 valence electrons. The quantitative estimate of drug-likeness (QED) is 0.844. The van der Waals surface area contributed by atoms with Crippen molar-refractivity contribution < 1.29 is 14.3 Å². The Morgan fingerprint density at radius 3 is 2.68 bits per heavy atom. The summed E-state index contributed by atoms with van der Waals surface area (Å²) in [6.45, 7) is 6.26. The van der Waals surface area contributed by atoms with Gasteiger partial charge in [-0.2, -0.15) is 0 Å². The first-order chi connectivity index (χ1) is 10.4. The van der Waals surface area contributed by atoms with Gasteiger partial charge < -0.3 is 15.3 Å². The summed E-state index contributed by atoms with van der Waals surface area (Å²) in [6, 6.07) is 6.13. The van der Waals surface area contributed by atoms with E-state index in [0.29, 0.717) is 25.4 Å². The van der Waals surface area contributed by atoms with E-state index in [-0.39, 0.29) is 18.3 Å². The number of halogens is 1. The molecule has 22 heavy (non-hydrogen) atoms. The van der Waals surface area contributed by atoms with E-state index in [1.165, 1.54) is 12.1 Å². The summed E-state index contributed by atoms with van der Waals surface area (Å²) >= 11 is 0. The molecule has 1 unspecified atom stereocenters. The number of carbonyl (C=O) groups is 1. The number of likely N-dealkylation sites (tertiary alicyclic amines) is 1. The summed E-state index contributed by atoms with van der Waals surface area (Å²) in [5.74, 6) is -0.0555. The molecule has 0 aromatic heterocycles. The maximum Gasteiger partial charge on any atom is 0.256 e. The Labute approximate surface area is 131 Å². The van der Waals surface area contributed by atoms with Crippen LogP contribution in [0.15, 0.2) is 24.3 Å². The van der Waals surface area contributed by atoms with Crippen molar-refractivity contribution in [1.29, 1.82) is 0 Å². The first-order valence-electron chi connectivity index (χ1n) is 7.87. The summed E-state index contributed by atoms with van der Waals surface area (Å²) < 4.78 is 12.9. The Kier molecular flexibility index (Phi) is 5.53. The van der Waals surface area contributed by atoms with E-state index in [1.54, 1.807) is 17.0 Å². The van der Waals surface area contributed by atoms with E-state index in [0.717, 1.165) is 18.5 Å². The maximum absolute atomic E-state index is 12.9. The molecule has 1 fully saturated rings. The molecule has 0 aliphatic carbocycles. The van der Waals surface area contributed by atoms with Crippen molar-refractivity contribution >= 4 is 5.91 Å². The smallest absolute Gasteiger partial charge is 0.256 e. The zero-order valence-electron chi connectivity index (χ0n) is 13.3. The number of piperidine rings is 1. The van der Waals surface area contributed by atoms with Gasteiger partial charge in [0.2, 0.25) is 0 Å². The summed E-state index contributed by atoms with van der Waals surface area (Å²) in [5.41, 5.74) is -0.457. The van der Waals surface area contributed by atoms with Gasteiger partial charge in [0.25, 0.3) is 5.91 Å². The van der Waals surface area contributed by atoms with Crippen LogP contribution in [0.5, 0.6) is 0 Å². The number of rotatable bonds is 6. The molecule has 1 atom stereocenters. The van der Waals surface area contributed by atoms with Gasteiger partial charge in [-0.1, -0.05) is 26.0 Å². The molecule has 1 aliphatic rings. The van der Waals surface area contributed by atoms with Gasteiger partial charge in [-0.25, -0.2) is 4.39 Å². The van der Waals surface area contributed by atoms with Crippen LogP contribution in [0.4, 0.5) is 4.39 Å². The second-order valence-corrected chi connectivity index (χ2v) is 6.51. The molecule has 2 rings (SSSR count). The minimum atomic E-state index is -1.33. The van der Waals surface area contributed by atoms with E-state index in [4.69, 9.17) is 0 Å². The first kappa shape index (κ1) is 16.9. The number of amides is 1. The van der Waals surface area contributed by atoms with Crippen LogP contribution < -0.4 is 5.32 Å². The van der Waals surface area contributed by atoms with E-state index in [1.807, 2.05) is 0 Å². The zero-order chi connectivity index (χ0) is 16.2. The Bertz CT molecular complexity index is 504. The second kappa shape index (κ2) is 7.20. The number of nitrogens with one attached hydrogen (secondary N) is 1. The summed E-state index contributed by atoms with van der Waals surface area (Å²) in [6.07, 6.45) is 1.25. The maximum atomic E-state index is 12.9. The van der Waals surface area contributed by atoms with Crippen LogP contribution in [-0.4, -0.2) is 41.1 Å². The predicted molar refractivity (Wildman–Crippen MR) is 83.7 cm³/mol. The topological polar surface area (TPSA) is 52.6 Å². The van der Waals surface area contributed by atoms with Crippen molar-refractivity contribution in [2.75, 3.05) is 19.6 Å². The van der Waals surface area contributed by atoms with E-state index >= 15 is 0 Å². The van der Waals surface area contributed by atoms with Gasteiger partial charge in [0, 0.05) is 19.6 Å². The molecular weight excluding hydrogens is 283 g/mol. The Hall–Kier alpha value is -1.46. The van der Waals surface area contributed by atoms with Crippen LogP contribution in [0.3, 0.4) is 0 Å². The minimum Gasteiger partial charge on any atom is -0.379 e. The monoisotopic (exact) mass is 308 g/mol. The highest BCUT2D eigenvalue weighted by Crippen LogP contribution is 2.24. The lowest BCUT2D eigenvalue weighted by Crippen LogP contribution is -2.57. The van der Waals surface area contributed by atoms with Crippen LogP contribution >= 0.6 is 0 Å². The molecule has 0 saturated carbocycles. The fourth-order valence-electron chi connectivity index (χ4n) is 2.76. The van der Waals surface area contributed by atoms with Gasteiger partial charge in [0.05, 0.1) is 0 Å². The fourth-order valence-corrected chi connectivity index (χ4v) is 2.76. The molecule has 1 heterocycles. The molecule has 1 amide bonds. The molecule has 1 aliphatic heterocycles. The van der Waals surface area contributed by atoms with Gasteiger partial charge in [-0.3, -0.25) is 4.79 Å². The third kappa shape index (κ3) is 4.27. The van der Waals surface area contributed by atoms with Gasteiger partial charge in [0.15, 0.2) is 5.60 Å². The number of nitrogens with zero attached hydrogens (tertiary/aromatic N) is 1. The second-order valence-electron chi connectivity index (χ2n) is 6.51. The average Bonchev–Trinajstić information content (AvgIpc) is 2.46. The highest BCUT2D eigenvalue weighted by Gasteiger charge is 2.41. The number of hydrogen-bond acceptors (Lipinski definition) is 3. The molecule has 4 nitrogen and oxygen atoms in total. The largest absolute Gasteiger partial charge is 0.379 e. The third-order valence-corrected chi connectivity index (χ3v) is 3.96. The van der Waals surface area contributed by atoms with Crippen LogP contribution in [0.1, 0.15) is 32.3 Å². The molecule has 0 bridgehead atoms. The van der Waals surface area contributed by atoms with Crippen LogP contribution in [-0.2, 0) is 11.3 Å². The van der Waals surface area contributed by atoms with Crippen LogP contribution in [0.2, 0.25) is 0 Å². The lowest BCUT2D eigenvalue weighted by molar-refractivity contribution is -0.157. The lowest BCUT2D eigenvalue weighted by Gasteiger charge is -2.38. The van der Waals surface area contributed by atoms with Gasteiger partial charge in [0.1, 0.15) is 5.82 Å². The highest BCUT2D eigenvalue weighted by molar-refractivity contribution is 5.86. The SMILES string of the molecule is CC(C)CNCC1(O)CCCN(Cc2ccc(F)cc2)C1=O. The van der Waals surface area contributed by atoms with Crippen molar-refractivity contribution in [1.82, 2.24) is 10.2 Å². The van der Waals surface area contributed by atoms with Crippen LogP contribution in [0.25, 0.3) is 0 Å². The fraction of sp³-hybridized carbons (Fsp3) is 0.588. The van der Waals surface area contributed by atoms with Crippen molar-refractivity contribution in [3.05, 3.63) is 35.6 Å². The van der Waals surface area contributed by atoms with Gasteiger partial charge in [-0.15, -0.1) is 0 Å². The normalized spacial score (nSPS) is 22.4. The lowest BCUT2D eigenvalue weighted by atomic mass is 9.91. The van der Waals surface area contributed by atoms with Crippen LogP contribution in [0, 0.1) is 11.7 Å². The summed E-state index contributed by atoms with van der Waals surface area (Å²) in [7, 11) is 0. The first-order valence-corrected chi connectivity index (χ1v) is 7.87. The van der Waals surface area contributed by atoms with Gasteiger partial charge >= 0.3 is 0 Å². The minimum absolute atomic E-state index is 0.237. The molecule has 5 heteroatoms. The van der Waals surface area contributed by atoms with Gasteiger partial charge in [-0.05, 0) is 43.0 Å². The number of carbonyl (C=O) groups excluding carboxylic acids is 1. The third-order valence-electron chi connectivity index (χ3n) is 3.96. The highest BCUT2D eigenvalue weighted by atomic mass is 19.1. The molecular formula is C17H25FN2O2. The predicted octanol–water partition coefficient (Wildman–Crippen LogP) is 1.92. The van der Waals surface area contributed by atoms with Crippen molar-refractivity contribution in [2.24, 2.45) is 5.92 Å². The number of aliphatic hydroxyl groups is 1. The van der Waals surface area contributed by atoms with Crippen molar-refractivity contribution in [3.8, 4) is 0 Å². The molecule has 1 saturated heterocycles. The summed E-state index contributed by atoms with van der Waals surface area (Å²) in [5, 5.41) is 13.8. The zero-order valence-corrected chi connectivity index (χ0v) is 13.3. The summed E-state index contributed by atoms with van der Waals surface area (Å²) in [4.78, 5) is 14.2. The van der Waals surface area contributed by atoms with Crippen molar-refractivity contribution in [2.45, 2.75) is 38.8 Å².